The zero-order valence-corrected chi connectivity index (χ0v) is 10.5. The SMILES string of the molecule is C=CC[C@@H](CC)NC(=O)NCC1(CC#N)CC1. The third kappa shape index (κ3) is 4.48. The molecule has 1 fully saturated rings. The number of nitriles is 1. The summed E-state index contributed by atoms with van der Waals surface area (Å²) < 4.78 is 0. The zero-order chi connectivity index (χ0) is 12.7. The molecule has 94 valence electrons. The predicted molar refractivity (Wildman–Crippen MR) is 67.3 cm³/mol. The summed E-state index contributed by atoms with van der Waals surface area (Å²) in [5.74, 6) is 0. The summed E-state index contributed by atoms with van der Waals surface area (Å²) in [6, 6.07) is 2.20. The highest BCUT2D eigenvalue weighted by atomic mass is 16.2. The standard InChI is InChI=1S/C13H21N3O/c1-3-5-11(4-2)16-12(17)15-10-13(6-7-13)8-9-14/h3,11H,1,4-8,10H2,2H3,(H2,15,16,17)/t11-/m1/s1. The minimum atomic E-state index is -0.136. The average molecular weight is 235 g/mol. The minimum absolute atomic E-state index is 0.0617. The fraction of sp³-hybridized carbons (Fsp3) is 0.692. The maximum absolute atomic E-state index is 11.6. The molecule has 4 nitrogen and oxygen atoms in total. The fourth-order valence-electron chi connectivity index (χ4n) is 1.79. The largest absolute Gasteiger partial charge is 0.338 e. The maximum atomic E-state index is 11.6. The van der Waals surface area contributed by atoms with Crippen molar-refractivity contribution in [1.29, 1.82) is 5.26 Å². The molecule has 0 aromatic rings. The number of rotatable bonds is 7. The van der Waals surface area contributed by atoms with Crippen molar-refractivity contribution in [2.45, 2.75) is 45.1 Å². The normalized spacial score (nSPS) is 17.6. The first kappa shape index (κ1) is 13.6. The summed E-state index contributed by atoms with van der Waals surface area (Å²) in [7, 11) is 0. The van der Waals surface area contributed by atoms with Crippen molar-refractivity contribution in [3.8, 4) is 6.07 Å². The van der Waals surface area contributed by atoms with Crippen LogP contribution in [0.1, 0.15) is 39.0 Å². The van der Waals surface area contributed by atoms with E-state index in [-0.39, 0.29) is 17.5 Å². The summed E-state index contributed by atoms with van der Waals surface area (Å²) >= 11 is 0. The van der Waals surface area contributed by atoms with Crippen LogP contribution in [0.5, 0.6) is 0 Å². The van der Waals surface area contributed by atoms with Crippen molar-refractivity contribution in [3.63, 3.8) is 0 Å². The molecule has 0 radical (unpaired) electrons. The Morgan fingerprint density at radius 1 is 1.65 bits per heavy atom. The average Bonchev–Trinajstić information content (AvgIpc) is 3.07. The molecule has 1 atom stereocenters. The molecule has 0 unspecified atom stereocenters. The highest BCUT2D eigenvalue weighted by Crippen LogP contribution is 2.47. The van der Waals surface area contributed by atoms with Gasteiger partial charge in [-0.25, -0.2) is 4.79 Å². The molecular weight excluding hydrogens is 214 g/mol. The Kier molecular flexibility index (Phi) is 5.02. The first-order valence-corrected chi connectivity index (χ1v) is 6.18. The third-order valence-corrected chi connectivity index (χ3v) is 3.31. The highest BCUT2D eigenvalue weighted by molar-refractivity contribution is 5.74. The van der Waals surface area contributed by atoms with E-state index in [1.165, 1.54) is 0 Å². The lowest BCUT2D eigenvalue weighted by Gasteiger charge is -2.17. The quantitative estimate of drug-likeness (QED) is 0.665. The number of carbonyl (C=O) groups is 1. The van der Waals surface area contributed by atoms with Gasteiger partial charge in [0.2, 0.25) is 0 Å². The van der Waals surface area contributed by atoms with E-state index in [1.54, 1.807) is 0 Å². The van der Waals surface area contributed by atoms with E-state index in [2.05, 4.69) is 23.3 Å². The Balaban J connectivity index is 2.25. The maximum Gasteiger partial charge on any atom is 0.315 e. The van der Waals surface area contributed by atoms with E-state index in [1.807, 2.05) is 13.0 Å². The smallest absolute Gasteiger partial charge is 0.315 e. The number of nitrogens with one attached hydrogen (secondary N) is 2. The van der Waals surface area contributed by atoms with E-state index in [4.69, 9.17) is 5.26 Å². The predicted octanol–water partition coefficient (Wildman–Crippen LogP) is 2.33. The fourth-order valence-corrected chi connectivity index (χ4v) is 1.79. The van der Waals surface area contributed by atoms with Crippen LogP contribution in [0.3, 0.4) is 0 Å². The molecule has 0 aromatic carbocycles. The molecule has 1 rings (SSSR count). The molecule has 0 aromatic heterocycles. The molecule has 0 aliphatic heterocycles. The first-order valence-electron chi connectivity index (χ1n) is 6.18. The van der Waals surface area contributed by atoms with E-state index in [0.717, 1.165) is 25.7 Å². The number of nitrogens with zero attached hydrogens (tertiary/aromatic N) is 1. The summed E-state index contributed by atoms with van der Waals surface area (Å²) in [4.78, 5) is 11.6. The molecule has 1 aliphatic carbocycles. The van der Waals surface area contributed by atoms with E-state index in [9.17, 15) is 4.79 Å². The van der Waals surface area contributed by atoms with Gasteiger partial charge in [-0.05, 0) is 25.7 Å². The number of urea groups is 1. The lowest BCUT2D eigenvalue weighted by molar-refractivity contribution is 0.234. The first-order chi connectivity index (χ1) is 8.15. The molecular formula is C13H21N3O. The van der Waals surface area contributed by atoms with Crippen LogP contribution in [0.15, 0.2) is 12.7 Å². The number of carbonyl (C=O) groups excluding carboxylic acids is 1. The molecule has 1 aliphatic rings. The lowest BCUT2D eigenvalue weighted by atomic mass is 10.0. The molecule has 4 heteroatoms. The van der Waals surface area contributed by atoms with Crippen molar-refractivity contribution in [3.05, 3.63) is 12.7 Å². The van der Waals surface area contributed by atoms with Gasteiger partial charge in [0.15, 0.2) is 0 Å². The van der Waals surface area contributed by atoms with Gasteiger partial charge < -0.3 is 10.6 Å². The van der Waals surface area contributed by atoms with Gasteiger partial charge in [-0.2, -0.15) is 5.26 Å². The van der Waals surface area contributed by atoms with Crippen LogP contribution >= 0.6 is 0 Å². The van der Waals surface area contributed by atoms with E-state index in [0.29, 0.717) is 13.0 Å². The van der Waals surface area contributed by atoms with Crippen molar-refractivity contribution in [2.24, 2.45) is 5.41 Å². The van der Waals surface area contributed by atoms with E-state index < -0.39 is 0 Å². The van der Waals surface area contributed by atoms with Crippen LogP contribution in [-0.2, 0) is 0 Å². The van der Waals surface area contributed by atoms with Gasteiger partial charge in [0.05, 0.1) is 6.07 Å². The van der Waals surface area contributed by atoms with Crippen LogP contribution in [0.2, 0.25) is 0 Å². The molecule has 1 saturated carbocycles. The molecule has 0 bridgehead atoms. The Hall–Kier alpha value is -1.50. The number of hydrogen-bond donors (Lipinski definition) is 2. The third-order valence-electron chi connectivity index (χ3n) is 3.31. The summed E-state index contributed by atoms with van der Waals surface area (Å²) in [6.45, 7) is 6.31. The van der Waals surface area contributed by atoms with Gasteiger partial charge in [0, 0.05) is 24.4 Å². The van der Waals surface area contributed by atoms with Crippen LogP contribution < -0.4 is 10.6 Å². The van der Waals surface area contributed by atoms with Gasteiger partial charge in [0.25, 0.3) is 0 Å². The summed E-state index contributed by atoms with van der Waals surface area (Å²) in [5.41, 5.74) is 0.0617. The highest BCUT2D eigenvalue weighted by Gasteiger charge is 2.42. The second-order valence-corrected chi connectivity index (χ2v) is 4.79. The van der Waals surface area contributed by atoms with Gasteiger partial charge >= 0.3 is 6.03 Å². The number of hydrogen-bond acceptors (Lipinski definition) is 2. The van der Waals surface area contributed by atoms with Crippen molar-refractivity contribution < 1.29 is 4.79 Å². The van der Waals surface area contributed by atoms with Gasteiger partial charge in [-0.15, -0.1) is 6.58 Å². The molecule has 2 amide bonds. The van der Waals surface area contributed by atoms with E-state index >= 15 is 0 Å². The lowest BCUT2D eigenvalue weighted by Crippen LogP contribution is -2.43. The summed E-state index contributed by atoms with van der Waals surface area (Å²) in [6.07, 6.45) is 6.12. The molecule has 17 heavy (non-hydrogen) atoms. The minimum Gasteiger partial charge on any atom is -0.338 e. The number of amides is 2. The van der Waals surface area contributed by atoms with Crippen LogP contribution in [-0.4, -0.2) is 18.6 Å². The second-order valence-electron chi connectivity index (χ2n) is 4.79. The Morgan fingerprint density at radius 2 is 2.35 bits per heavy atom. The molecule has 2 N–H and O–H groups in total. The van der Waals surface area contributed by atoms with Crippen LogP contribution in [0, 0.1) is 16.7 Å². The topological polar surface area (TPSA) is 64.9 Å². The van der Waals surface area contributed by atoms with Crippen molar-refractivity contribution in [2.75, 3.05) is 6.54 Å². The zero-order valence-electron chi connectivity index (χ0n) is 10.5. The van der Waals surface area contributed by atoms with Crippen molar-refractivity contribution in [1.82, 2.24) is 10.6 Å². The Morgan fingerprint density at radius 3 is 2.82 bits per heavy atom. The second kappa shape index (κ2) is 6.29. The Labute approximate surface area is 103 Å². The molecule has 0 saturated heterocycles. The van der Waals surface area contributed by atoms with Crippen molar-refractivity contribution >= 4 is 6.03 Å². The van der Waals surface area contributed by atoms with Crippen LogP contribution in [0.25, 0.3) is 0 Å². The van der Waals surface area contributed by atoms with Gasteiger partial charge in [-0.1, -0.05) is 13.0 Å². The Bertz CT molecular complexity index is 315. The monoisotopic (exact) mass is 235 g/mol. The molecule has 0 spiro atoms. The van der Waals surface area contributed by atoms with Gasteiger partial charge in [0.1, 0.15) is 0 Å². The van der Waals surface area contributed by atoms with Crippen LogP contribution in [0.4, 0.5) is 4.79 Å². The van der Waals surface area contributed by atoms with Gasteiger partial charge in [-0.3, -0.25) is 0 Å². The molecule has 0 heterocycles. The summed E-state index contributed by atoms with van der Waals surface area (Å²) in [5, 5.41) is 14.4.